The summed E-state index contributed by atoms with van der Waals surface area (Å²) in [6, 6.07) is 0. The molecule has 70 valence electrons. The number of ketones is 2. The fraction of sp³-hybridized carbons (Fsp3) is 0.800. The molecule has 0 aliphatic heterocycles. The molecular weight excluding hydrogens is 152 g/mol. The maximum Gasteiger partial charge on any atom is 0.136 e. The molecule has 0 aromatic heterocycles. The monoisotopic (exact) mass is 170 g/mol. The van der Waals surface area contributed by atoms with Gasteiger partial charge in [0, 0.05) is 11.8 Å². The highest BCUT2D eigenvalue weighted by Gasteiger charge is 2.32. The lowest BCUT2D eigenvalue weighted by atomic mass is 9.75. The Labute approximate surface area is 74.3 Å². The minimum Gasteiger partial charge on any atom is -0.300 e. The van der Waals surface area contributed by atoms with E-state index in [-0.39, 0.29) is 17.0 Å². The van der Waals surface area contributed by atoms with Crippen LogP contribution in [0.5, 0.6) is 0 Å². The molecule has 0 aromatic carbocycles. The fourth-order valence-corrected chi connectivity index (χ4v) is 1.60. The Morgan fingerprint density at radius 3 is 1.58 bits per heavy atom. The third-order valence-electron chi connectivity index (χ3n) is 2.69. The maximum absolute atomic E-state index is 11.3. The number of carbonyl (C=O) groups is 2. The molecule has 0 aliphatic rings. The first-order valence-electron chi connectivity index (χ1n) is 4.49. The van der Waals surface area contributed by atoms with Crippen molar-refractivity contribution in [3.05, 3.63) is 0 Å². The van der Waals surface area contributed by atoms with Gasteiger partial charge in [-0.25, -0.2) is 0 Å². The van der Waals surface area contributed by atoms with Gasteiger partial charge in [-0.05, 0) is 26.7 Å². The smallest absolute Gasteiger partial charge is 0.136 e. The second-order valence-corrected chi connectivity index (χ2v) is 3.42. The summed E-state index contributed by atoms with van der Waals surface area (Å²) in [5.41, 5.74) is -0.383. The topological polar surface area (TPSA) is 34.1 Å². The van der Waals surface area contributed by atoms with Gasteiger partial charge < -0.3 is 0 Å². The number of hydrogen-bond donors (Lipinski definition) is 0. The third-order valence-corrected chi connectivity index (χ3v) is 2.69. The molecule has 0 aliphatic carbocycles. The Morgan fingerprint density at radius 2 is 1.50 bits per heavy atom. The zero-order chi connectivity index (χ0) is 9.78. The Hall–Kier alpha value is -0.660. The van der Waals surface area contributed by atoms with Crippen molar-refractivity contribution in [1.29, 1.82) is 0 Å². The first-order valence-corrected chi connectivity index (χ1v) is 4.49. The molecule has 0 unspecified atom stereocenters. The molecule has 0 aromatic rings. The summed E-state index contributed by atoms with van der Waals surface area (Å²) in [4.78, 5) is 22.2. The zero-order valence-electron chi connectivity index (χ0n) is 8.44. The minimum absolute atomic E-state index is 0.105. The predicted octanol–water partition coefficient (Wildman–Crippen LogP) is 2.36. The molecule has 0 N–H and O–H groups in total. The van der Waals surface area contributed by atoms with Crippen LogP contribution in [-0.4, -0.2) is 11.6 Å². The predicted molar refractivity (Wildman–Crippen MR) is 49.0 cm³/mol. The van der Waals surface area contributed by atoms with Gasteiger partial charge in [-0.15, -0.1) is 0 Å². The van der Waals surface area contributed by atoms with Crippen LogP contribution in [0.15, 0.2) is 0 Å². The SMILES string of the molecule is CCC(CC)(CC(C)=O)C(C)=O. The van der Waals surface area contributed by atoms with Crippen molar-refractivity contribution in [3.63, 3.8) is 0 Å². The van der Waals surface area contributed by atoms with Crippen LogP contribution in [-0.2, 0) is 9.59 Å². The van der Waals surface area contributed by atoms with Gasteiger partial charge >= 0.3 is 0 Å². The van der Waals surface area contributed by atoms with Gasteiger partial charge in [0.15, 0.2) is 0 Å². The molecule has 0 rings (SSSR count). The average Bonchev–Trinajstić information content (AvgIpc) is 1.99. The van der Waals surface area contributed by atoms with Crippen LogP contribution in [0.3, 0.4) is 0 Å². The van der Waals surface area contributed by atoms with Crippen LogP contribution in [0.2, 0.25) is 0 Å². The van der Waals surface area contributed by atoms with E-state index in [2.05, 4.69) is 0 Å². The number of rotatable bonds is 5. The van der Waals surface area contributed by atoms with E-state index < -0.39 is 0 Å². The normalized spacial score (nSPS) is 11.3. The van der Waals surface area contributed by atoms with Gasteiger partial charge in [0.25, 0.3) is 0 Å². The van der Waals surface area contributed by atoms with E-state index in [0.717, 1.165) is 12.8 Å². The van der Waals surface area contributed by atoms with E-state index in [4.69, 9.17) is 0 Å². The highest BCUT2D eigenvalue weighted by Crippen LogP contribution is 2.31. The highest BCUT2D eigenvalue weighted by molar-refractivity contribution is 5.88. The Kier molecular flexibility index (Phi) is 4.15. The molecule has 0 bridgehead atoms. The molecule has 0 amide bonds. The van der Waals surface area contributed by atoms with E-state index in [9.17, 15) is 9.59 Å². The minimum atomic E-state index is -0.383. The molecule has 0 heterocycles. The summed E-state index contributed by atoms with van der Waals surface area (Å²) in [6.07, 6.45) is 1.92. The van der Waals surface area contributed by atoms with Crippen LogP contribution in [0, 0.1) is 5.41 Å². The van der Waals surface area contributed by atoms with Crippen LogP contribution in [0.4, 0.5) is 0 Å². The third kappa shape index (κ3) is 2.43. The van der Waals surface area contributed by atoms with E-state index in [1.165, 1.54) is 0 Å². The molecule has 12 heavy (non-hydrogen) atoms. The Bertz CT molecular complexity index is 178. The van der Waals surface area contributed by atoms with Crippen molar-refractivity contribution in [3.8, 4) is 0 Å². The van der Waals surface area contributed by atoms with Crippen LogP contribution in [0.25, 0.3) is 0 Å². The van der Waals surface area contributed by atoms with Crippen molar-refractivity contribution < 1.29 is 9.59 Å². The first-order chi connectivity index (χ1) is 5.48. The molecule has 2 heteroatoms. The summed E-state index contributed by atoms with van der Waals surface area (Å²) in [6.45, 7) is 7.06. The standard InChI is InChI=1S/C10H18O2/c1-5-10(6-2,9(4)12)7-8(3)11/h5-7H2,1-4H3. The summed E-state index contributed by atoms with van der Waals surface area (Å²) in [5, 5.41) is 0. The average molecular weight is 170 g/mol. The summed E-state index contributed by atoms with van der Waals surface area (Å²) < 4.78 is 0. The number of Topliss-reactive ketones (excluding diaryl/α,β-unsaturated/α-hetero) is 2. The van der Waals surface area contributed by atoms with Gasteiger partial charge in [0.05, 0.1) is 0 Å². The van der Waals surface area contributed by atoms with E-state index in [1.54, 1.807) is 13.8 Å². The van der Waals surface area contributed by atoms with Gasteiger partial charge in [0.1, 0.15) is 11.6 Å². The van der Waals surface area contributed by atoms with Gasteiger partial charge in [-0.1, -0.05) is 13.8 Å². The van der Waals surface area contributed by atoms with Crippen molar-refractivity contribution in [2.75, 3.05) is 0 Å². The summed E-state index contributed by atoms with van der Waals surface area (Å²) in [7, 11) is 0. The maximum atomic E-state index is 11.3. The van der Waals surface area contributed by atoms with Crippen LogP contribution < -0.4 is 0 Å². The molecule has 0 fully saturated rings. The number of hydrogen-bond acceptors (Lipinski definition) is 2. The lowest BCUT2D eigenvalue weighted by molar-refractivity contribution is -0.132. The molecule has 0 radical (unpaired) electrons. The molecule has 0 saturated carbocycles. The van der Waals surface area contributed by atoms with E-state index >= 15 is 0 Å². The largest absolute Gasteiger partial charge is 0.300 e. The van der Waals surface area contributed by atoms with Gasteiger partial charge in [-0.2, -0.15) is 0 Å². The highest BCUT2D eigenvalue weighted by atomic mass is 16.1. The lowest BCUT2D eigenvalue weighted by Crippen LogP contribution is -2.29. The van der Waals surface area contributed by atoms with Crippen molar-refractivity contribution >= 4 is 11.6 Å². The molecule has 0 atom stereocenters. The summed E-state index contributed by atoms with van der Waals surface area (Å²) >= 11 is 0. The molecular formula is C10H18O2. The Balaban J connectivity index is 4.58. The molecule has 2 nitrogen and oxygen atoms in total. The molecule has 0 spiro atoms. The van der Waals surface area contributed by atoms with Crippen LogP contribution in [0.1, 0.15) is 47.0 Å². The first kappa shape index (κ1) is 11.3. The lowest BCUT2D eigenvalue weighted by Gasteiger charge is -2.27. The quantitative estimate of drug-likeness (QED) is 0.634. The van der Waals surface area contributed by atoms with Gasteiger partial charge in [0.2, 0.25) is 0 Å². The second-order valence-electron chi connectivity index (χ2n) is 3.42. The van der Waals surface area contributed by atoms with E-state index in [0.29, 0.717) is 6.42 Å². The van der Waals surface area contributed by atoms with Crippen LogP contribution >= 0.6 is 0 Å². The van der Waals surface area contributed by atoms with Gasteiger partial charge in [-0.3, -0.25) is 9.59 Å². The van der Waals surface area contributed by atoms with E-state index in [1.807, 2.05) is 13.8 Å². The second kappa shape index (κ2) is 4.39. The zero-order valence-corrected chi connectivity index (χ0v) is 8.44. The van der Waals surface area contributed by atoms with Crippen molar-refractivity contribution in [1.82, 2.24) is 0 Å². The molecule has 0 saturated heterocycles. The number of carbonyl (C=O) groups excluding carboxylic acids is 2. The van der Waals surface area contributed by atoms with Crippen molar-refractivity contribution in [2.24, 2.45) is 5.41 Å². The van der Waals surface area contributed by atoms with Crippen molar-refractivity contribution in [2.45, 2.75) is 47.0 Å². The Morgan fingerprint density at radius 1 is 1.08 bits per heavy atom. The summed E-state index contributed by atoms with van der Waals surface area (Å²) in [5.74, 6) is 0.247. The fourth-order valence-electron chi connectivity index (χ4n) is 1.60.